The number of carbonyl (C=O) groups excluding carboxylic acids is 1. The summed E-state index contributed by atoms with van der Waals surface area (Å²) < 4.78 is 10.1. The first-order valence-electron chi connectivity index (χ1n) is 6.24. The SMILES string of the molecule is COC(=O)C(C)Oc1cccc(-c2ccc(O)cc2)c1. The number of esters is 1. The summed E-state index contributed by atoms with van der Waals surface area (Å²) in [7, 11) is 1.33. The van der Waals surface area contributed by atoms with Crippen LogP contribution in [0, 0.1) is 0 Å². The van der Waals surface area contributed by atoms with Crippen LogP contribution in [0.1, 0.15) is 6.92 Å². The summed E-state index contributed by atoms with van der Waals surface area (Å²) in [5, 5.41) is 9.29. The zero-order valence-electron chi connectivity index (χ0n) is 11.4. The van der Waals surface area contributed by atoms with Crippen molar-refractivity contribution in [3.63, 3.8) is 0 Å². The minimum Gasteiger partial charge on any atom is -0.508 e. The van der Waals surface area contributed by atoms with Gasteiger partial charge in [0.2, 0.25) is 0 Å². The van der Waals surface area contributed by atoms with Gasteiger partial charge in [-0.15, -0.1) is 0 Å². The van der Waals surface area contributed by atoms with Crippen molar-refractivity contribution in [1.82, 2.24) is 0 Å². The summed E-state index contributed by atoms with van der Waals surface area (Å²) in [4.78, 5) is 11.3. The summed E-state index contributed by atoms with van der Waals surface area (Å²) in [6, 6.07) is 14.3. The topological polar surface area (TPSA) is 55.8 Å². The van der Waals surface area contributed by atoms with E-state index in [9.17, 15) is 9.90 Å². The van der Waals surface area contributed by atoms with Gasteiger partial charge in [0.1, 0.15) is 11.5 Å². The van der Waals surface area contributed by atoms with Crippen molar-refractivity contribution in [2.24, 2.45) is 0 Å². The van der Waals surface area contributed by atoms with Crippen LogP contribution in [0.15, 0.2) is 48.5 Å². The lowest BCUT2D eigenvalue weighted by Crippen LogP contribution is -2.24. The van der Waals surface area contributed by atoms with Gasteiger partial charge in [-0.25, -0.2) is 4.79 Å². The molecule has 0 aliphatic rings. The smallest absolute Gasteiger partial charge is 0.346 e. The van der Waals surface area contributed by atoms with Crippen molar-refractivity contribution in [2.45, 2.75) is 13.0 Å². The number of carbonyl (C=O) groups is 1. The zero-order chi connectivity index (χ0) is 14.5. The number of hydrogen-bond acceptors (Lipinski definition) is 4. The minimum absolute atomic E-state index is 0.223. The zero-order valence-corrected chi connectivity index (χ0v) is 11.4. The predicted octanol–water partition coefficient (Wildman–Crippen LogP) is 3.00. The number of rotatable bonds is 4. The van der Waals surface area contributed by atoms with Gasteiger partial charge in [-0.3, -0.25) is 0 Å². The Balaban J connectivity index is 2.20. The molecule has 0 spiro atoms. The molecule has 2 aromatic carbocycles. The lowest BCUT2D eigenvalue weighted by Gasteiger charge is -2.13. The number of methoxy groups -OCH3 is 1. The van der Waals surface area contributed by atoms with Gasteiger partial charge in [-0.2, -0.15) is 0 Å². The molecule has 0 bridgehead atoms. The highest BCUT2D eigenvalue weighted by molar-refractivity contribution is 5.74. The first-order chi connectivity index (χ1) is 9.60. The van der Waals surface area contributed by atoms with Crippen molar-refractivity contribution < 1.29 is 19.4 Å². The van der Waals surface area contributed by atoms with E-state index in [1.165, 1.54) is 7.11 Å². The molecule has 0 amide bonds. The number of ether oxygens (including phenoxy) is 2. The Morgan fingerprint density at radius 2 is 1.80 bits per heavy atom. The van der Waals surface area contributed by atoms with Gasteiger partial charge in [0.15, 0.2) is 6.10 Å². The standard InChI is InChI=1S/C16H16O4/c1-11(16(18)19-2)20-15-5-3-4-13(10-15)12-6-8-14(17)9-7-12/h3-11,17H,1-2H3. The summed E-state index contributed by atoms with van der Waals surface area (Å²) in [5.41, 5.74) is 1.90. The van der Waals surface area contributed by atoms with Crippen molar-refractivity contribution in [3.8, 4) is 22.6 Å². The Morgan fingerprint density at radius 1 is 1.10 bits per heavy atom. The Hall–Kier alpha value is -2.49. The molecule has 0 radical (unpaired) electrons. The van der Waals surface area contributed by atoms with Gasteiger partial charge in [0.25, 0.3) is 0 Å². The minimum atomic E-state index is -0.657. The molecule has 4 nitrogen and oxygen atoms in total. The molecule has 1 N–H and O–H groups in total. The lowest BCUT2D eigenvalue weighted by atomic mass is 10.1. The number of aromatic hydroxyl groups is 1. The maximum atomic E-state index is 11.3. The van der Waals surface area contributed by atoms with Crippen molar-refractivity contribution in [3.05, 3.63) is 48.5 Å². The predicted molar refractivity (Wildman–Crippen MR) is 75.6 cm³/mol. The molecule has 20 heavy (non-hydrogen) atoms. The fraction of sp³-hybridized carbons (Fsp3) is 0.188. The Kier molecular flexibility index (Phi) is 4.25. The fourth-order valence-corrected chi connectivity index (χ4v) is 1.82. The van der Waals surface area contributed by atoms with Gasteiger partial charge in [-0.05, 0) is 42.3 Å². The molecule has 0 aromatic heterocycles. The maximum Gasteiger partial charge on any atom is 0.346 e. The molecule has 2 rings (SSSR count). The third kappa shape index (κ3) is 3.29. The number of phenols is 1. The lowest BCUT2D eigenvalue weighted by molar-refractivity contribution is -0.147. The summed E-state index contributed by atoms with van der Waals surface area (Å²) in [5.74, 6) is 0.397. The van der Waals surface area contributed by atoms with Crippen LogP contribution in [0.5, 0.6) is 11.5 Å². The molecule has 0 saturated heterocycles. The summed E-state index contributed by atoms with van der Waals surface area (Å²) in [6.07, 6.45) is -0.657. The van der Waals surface area contributed by atoms with Crippen LogP contribution in [0.4, 0.5) is 0 Å². The Labute approximate surface area is 117 Å². The molecule has 0 fully saturated rings. The van der Waals surface area contributed by atoms with E-state index in [0.29, 0.717) is 5.75 Å². The molecule has 0 aliphatic carbocycles. The first kappa shape index (κ1) is 13.9. The van der Waals surface area contributed by atoms with Crippen LogP contribution < -0.4 is 4.74 Å². The third-order valence-electron chi connectivity index (χ3n) is 2.88. The molecule has 0 heterocycles. The van der Waals surface area contributed by atoms with Crippen LogP contribution in [0.2, 0.25) is 0 Å². The second-order valence-electron chi connectivity index (χ2n) is 4.36. The van der Waals surface area contributed by atoms with E-state index in [1.807, 2.05) is 30.3 Å². The molecule has 4 heteroatoms. The maximum absolute atomic E-state index is 11.3. The largest absolute Gasteiger partial charge is 0.508 e. The quantitative estimate of drug-likeness (QED) is 0.869. The van der Waals surface area contributed by atoms with Gasteiger partial charge in [-0.1, -0.05) is 24.3 Å². The summed E-state index contributed by atoms with van der Waals surface area (Å²) in [6.45, 7) is 1.64. The monoisotopic (exact) mass is 272 g/mol. The first-order valence-corrected chi connectivity index (χ1v) is 6.24. The molecule has 0 saturated carbocycles. The highest BCUT2D eigenvalue weighted by Crippen LogP contribution is 2.25. The highest BCUT2D eigenvalue weighted by Gasteiger charge is 2.14. The molecule has 104 valence electrons. The molecule has 2 aromatic rings. The Morgan fingerprint density at radius 3 is 2.45 bits per heavy atom. The molecule has 1 atom stereocenters. The van der Waals surface area contributed by atoms with Crippen LogP contribution in [0.25, 0.3) is 11.1 Å². The van der Waals surface area contributed by atoms with E-state index >= 15 is 0 Å². The van der Waals surface area contributed by atoms with Crippen LogP contribution in [-0.4, -0.2) is 24.3 Å². The van der Waals surface area contributed by atoms with Crippen LogP contribution in [-0.2, 0) is 9.53 Å². The molecule has 0 aliphatic heterocycles. The van der Waals surface area contributed by atoms with E-state index in [4.69, 9.17) is 4.74 Å². The number of phenolic OH excluding ortho intramolecular Hbond substituents is 1. The second-order valence-corrected chi connectivity index (χ2v) is 4.36. The van der Waals surface area contributed by atoms with E-state index in [1.54, 1.807) is 25.1 Å². The number of benzene rings is 2. The average Bonchev–Trinajstić information content (AvgIpc) is 2.47. The van der Waals surface area contributed by atoms with Crippen LogP contribution >= 0.6 is 0 Å². The third-order valence-corrected chi connectivity index (χ3v) is 2.88. The van der Waals surface area contributed by atoms with E-state index in [-0.39, 0.29) is 5.75 Å². The summed E-state index contributed by atoms with van der Waals surface area (Å²) >= 11 is 0. The number of hydrogen-bond donors (Lipinski definition) is 1. The van der Waals surface area contributed by atoms with E-state index in [2.05, 4.69) is 4.74 Å². The van der Waals surface area contributed by atoms with Crippen molar-refractivity contribution in [1.29, 1.82) is 0 Å². The van der Waals surface area contributed by atoms with Gasteiger partial charge < -0.3 is 14.6 Å². The van der Waals surface area contributed by atoms with E-state index in [0.717, 1.165) is 11.1 Å². The normalized spacial score (nSPS) is 11.7. The van der Waals surface area contributed by atoms with Gasteiger partial charge >= 0.3 is 5.97 Å². The van der Waals surface area contributed by atoms with Gasteiger partial charge in [0, 0.05) is 0 Å². The van der Waals surface area contributed by atoms with Gasteiger partial charge in [0.05, 0.1) is 7.11 Å². The van der Waals surface area contributed by atoms with Crippen LogP contribution in [0.3, 0.4) is 0 Å². The fourth-order valence-electron chi connectivity index (χ4n) is 1.82. The molecule has 1 unspecified atom stereocenters. The highest BCUT2D eigenvalue weighted by atomic mass is 16.6. The molecular weight excluding hydrogens is 256 g/mol. The Bertz CT molecular complexity index is 590. The molecular formula is C16H16O4. The second kappa shape index (κ2) is 6.10. The van der Waals surface area contributed by atoms with E-state index < -0.39 is 12.1 Å². The van der Waals surface area contributed by atoms with Crippen molar-refractivity contribution in [2.75, 3.05) is 7.11 Å². The average molecular weight is 272 g/mol. The van der Waals surface area contributed by atoms with Crippen molar-refractivity contribution >= 4 is 5.97 Å².